The second kappa shape index (κ2) is 5.91. The van der Waals surface area contributed by atoms with E-state index in [1.165, 1.54) is 0 Å². The number of hydrogen-bond acceptors (Lipinski definition) is 1. The van der Waals surface area contributed by atoms with Crippen molar-refractivity contribution in [1.82, 2.24) is 0 Å². The van der Waals surface area contributed by atoms with E-state index in [4.69, 9.17) is 0 Å². The van der Waals surface area contributed by atoms with Crippen LogP contribution in [0.15, 0.2) is 60.7 Å². The maximum Gasteiger partial charge on any atom is 0.307 e. The van der Waals surface area contributed by atoms with Gasteiger partial charge in [0.25, 0.3) is 0 Å². The molecule has 0 aromatic heterocycles. The molecule has 20 heavy (non-hydrogen) atoms. The van der Waals surface area contributed by atoms with E-state index in [0.29, 0.717) is 6.42 Å². The van der Waals surface area contributed by atoms with Gasteiger partial charge in [0.2, 0.25) is 0 Å². The summed E-state index contributed by atoms with van der Waals surface area (Å²) >= 11 is 0. The monoisotopic (exact) mass is 268 g/mol. The predicted molar refractivity (Wildman–Crippen MR) is 80.7 cm³/mol. The van der Waals surface area contributed by atoms with Crippen molar-refractivity contribution in [3.63, 3.8) is 0 Å². The fourth-order valence-corrected chi connectivity index (χ4v) is 2.57. The van der Waals surface area contributed by atoms with E-state index < -0.39 is 17.3 Å². The summed E-state index contributed by atoms with van der Waals surface area (Å²) in [6.45, 7) is 4.01. The molecule has 0 aliphatic carbocycles. The van der Waals surface area contributed by atoms with Gasteiger partial charge in [0.05, 0.1) is 5.92 Å². The highest BCUT2D eigenvalue weighted by atomic mass is 16.4. The van der Waals surface area contributed by atoms with Crippen molar-refractivity contribution in [2.75, 3.05) is 0 Å². The minimum Gasteiger partial charge on any atom is -0.481 e. The minimum absolute atomic E-state index is 0.414. The summed E-state index contributed by atoms with van der Waals surface area (Å²) in [7, 11) is 0. The van der Waals surface area contributed by atoms with Crippen LogP contribution in [0.1, 0.15) is 25.0 Å². The van der Waals surface area contributed by atoms with Crippen LogP contribution in [0.25, 0.3) is 0 Å². The van der Waals surface area contributed by atoms with Gasteiger partial charge in [0, 0.05) is 5.41 Å². The Labute approximate surface area is 120 Å². The van der Waals surface area contributed by atoms with Gasteiger partial charge in [-0.2, -0.15) is 0 Å². The van der Waals surface area contributed by atoms with E-state index in [-0.39, 0.29) is 0 Å². The Bertz CT molecular complexity index is 558. The quantitative estimate of drug-likeness (QED) is 0.892. The topological polar surface area (TPSA) is 37.3 Å². The van der Waals surface area contributed by atoms with Gasteiger partial charge in [-0.3, -0.25) is 4.79 Å². The van der Waals surface area contributed by atoms with Crippen LogP contribution in [0.2, 0.25) is 0 Å². The zero-order chi connectivity index (χ0) is 14.6. The molecule has 0 bridgehead atoms. The molecule has 0 aliphatic rings. The lowest BCUT2D eigenvalue weighted by atomic mass is 9.71. The average molecular weight is 268 g/mol. The standard InChI is InChI=1S/C18H20O2/c1-18(2,15-11-7-4-8-12-15)16(17(19)20)13-14-9-5-3-6-10-14/h3-12,16H,13H2,1-2H3,(H,19,20)/t16-/m1/s1. The predicted octanol–water partition coefficient (Wildman–Crippen LogP) is 3.91. The van der Waals surface area contributed by atoms with Crippen molar-refractivity contribution < 1.29 is 9.90 Å². The number of benzene rings is 2. The average Bonchev–Trinajstić information content (AvgIpc) is 2.46. The summed E-state index contributed by atoms with van der Waals surface area (Å²) in [4.78, 5) is 11.7. The van der Waals surface area contributed by atoms with Gasteiger partial charge in [-0.25, -0.2) is 0 Å². The molecule has 2 heteroatoms. The number of hydrogen-bond donors (Lipinski definition) is 1. The van der Waals surface area contributed by atoms with Crippen molar-refractivity contribution in [2.45, 2.75) is 25.7 Å². The molecular weight excluding hydrogens is 248 g/mol. The Hall–Kier alpha value is -2.09. The number of carbonyl (C=O) groups is 1. The second-order valence-corrected chi connectivity index (χ2v) is 5.67. The molecule has 0 heterocycles. The molecule has 0 unspecified atom stereocenters. The van der Waals surface area contributed by atoms with Crippen LogP contribution in [0.5, 0.6) is 0 Å². The van der Waals surface area contributed by atoms with Crippen molar-refractivity contribution in [2.24, 2.45) is 5.92 Å². The number of carboxylic acids is 1. The normalized spacial score (nSPS) is 12.9. The summed E-state index contributed by atoms with van der Waals surface area (Å²) < 4.78 is 0. The molecule has 0 aliphatic heterocycles. The molecule has 0 radical (unpaired) electrons. The number of carboxylic acid groups (broad SMARTS) is 1. The molecule has 0 spiro atoms. The first-order chi connectivity index (χ1) is 9.51. The van der Waals surface area contributed by atoms with Gasteiger partial charge in [-0.1, -0.05) is 74.5 Å². The van der Waals surface area contributed by atoms with Crippen LogP contribution in [0.3, 0.4) is 0 Å². The van der Waals surface area contributed by atoms with Crippen LogP contribution in [0.4, 0.5) is 0 Å². The molecule has 2 rings (SSSR count). The number of rotatable bonds is 5. The van der Waals surface area contributed by atoms with Crippen molar-refractivity contribution >= 4 is 5.97 Å². The molecule has 1 N–H and O–H groups in total. The molecule has 0 amide bonds. The molecule has 0 fully saturated rings. The summed E-state index contributed by atoms with van der Waals surface area (Å²) in [5.74, 6) is -1.20. The first-order valence-corrected chi connectivity index (χ1v) is 6.84. The van der Waals surface area contributed by atoms with E-state index in [0.717, 1.165) is 11.1 Å². The largest absolute Gasteiger partial charge is 0.481 e. The van der Waals surface area contributed by atoms with Gasteiger partial charge in [0.15, 0.2) is 0 Å². The lowest BCUT2D eigenvalue weighted by Gasteiger charge is -2.32. The molecule has 1 atom stereocenters. The van der Waals surface area contributed by atoms with Crippen LogP contribution in [-0.2, 0) is 16.6 Å². The highest BCUT2D eigenvalue weighted by molar-refractivity contribution is 5.72. The fourth-order valence-electron chi connectivity index (χ4n) is 2.57. The smallest absolute Gasteiger partial charge is 0.307 e. The summed E-state index contributed by atoms with van der Waals surface area (Å²) in [5, 5.41) is 9.63. The van der Waals surface area contributed by atoms with Crippen LogP contribution < -0.4 is 0 Å². The van der Waals surface area contributed by atoms with Crippen LogP contribution in [-0.4, -0.2) is 11.1 Å². The molecular formula is C18H20O2. The first kappa shape index (κ1) is 14.3. The van der Waals surface area contributed by atoms with E-state index in [1.54, 1.807) is 0 Å². The minimum atomic E-state index is -0.747. The summed E-state index contributed by atoms with van der Waals surface area (Å²) in [6, 6.07) is 19.7. The van der Waals surface area contributed by atoms with E-state index in [2.05, 4.69) is 0 Å². The lowest BCUT2D eigenvalue weighted by molar-refractivity contribution is -0.144. The molecule has 2 nitrogen and oxygen atoms in total. The Balaban J connectivity index is 2.31. The fraction of sp³-hybridized carbons (Fsp3) is 0.278. The van der Waals surface area contributed by atoms with Crippen molar-refractivity contribution in [3.05, 3.63) is 71.8 Å². The molecule has 0 saturated carbocycles. The molecule has 2 aromatic carbocycles. The van der Waals surface area contributed by atoms with Crippen LogP contribution in [0, 0.1) is 5.92 Å². The van der Waals surface area contributed by atoms with Gasteiger partial charge < -0.3 is 5.11 Å². The lowest BCUT2D eigenvalue weighted by Crippen LogP contribution is -2.36. The first-order valence-electron chi connectivity index (χ1n) is 6.84. The Morgan fingerprint density at radius 1 is 1.00 bits per heavy atom. The second-order valence-electron chi connectivity index (χ2n) is 5.67. The van der Waals surface area contributed by atoms with Gasteiger partial charge >= 0.3 is 5.97 Å². The molecule has 0 saturated heterocycles. The van der Waals surface area contributed by atoms with E-state index in [1.807, 2.05) is 74.5 Å². The third kappa shape index (κ3) is 3.08. The van der Waals surface area contributed by atoms with Crippen LogP contribution >= 0.6 is 0 Å². The summed E-state index contributed by atoms with van der Waals surface area (Å²) in [5.41, 5.74) is 1.70. The third-order valence-electron chi connectivity index (χ3n) is 3.97. The molecule has 104 valence electrons. The molecule has 2 aromatic rings. The van der Waals surface area contributed by atoms with Gasteiger partial charge in [-0.15, -0.1) is 0 Å². The highest BCUT2D eigenvalue weighted by Gasteiger charge is 2.36. The van der Waals surface area contributed by atoms with Gasteiger partial charge in [-0.05, 0) is 17.5 Å². The van der Waals surface area contributed by atoms with Crippen molar-refractivity contribution in [1.29, 1.82) is 0 Å². The van der Waals surface area contributed by atoms with E-state index in [9.17, 15) is 9.90 Å². The zero-order valence-corrected chi connectivity index (χ0v) is 11.9. The summed E-state index contributed by atoms with van der Waals surface area (Å²) in [6.07, 6.45) is 0.540. The Morgan fingerprint density at radius 2 is 1.50 bits per heavy atom. The SMILES string of the molecule is CC(C)(c1ccccc1)[C@H](Cc1ccccc1)C(=O)O. The Morgan fingerprint density at radius 3 is 2.00 bits per heavy atom. The zero-order valence-electron chi connectivity index (χ0n) is 11.9. The van der Waals surface area contributed by atoms with E-state index >= 15 is 0 Å². The Kier molecular flexibility index (Phi) is 4.23. The maximum absolute atomic E-state index is 11.7. The maximum atomic E-state index is 11.7. The number of aliphatic carboxylic acids is 1. The highest BCUT2D eigenvalue weighted by Crippen LogP contribution is 2.34. The third-order valence-corrected chi connectivity index (χ3v) is 3.97. The van der Waals surface area contributed by atoms with Crippen molar-refractivity contribution in [3.8, 4) is 0 Å². The van der Waals surface area contributed by atoms with Gasteiger partial charge in [0.1, 0.15) is 0 Å².